The van der Waals surface area contributed by atoms with Crippen molar-refractivity contribution < 1.29 is 14.0 Å². The van der Waals surface area contributed by atoms with Crippen LogP contribution in [0.25, 0.3) is 0 Å². The molecule has 1 aliphatic heterocycles. The molecule has 0 bridgehead atoms. The highest BCUT2D eigenvalue weighted by molar-refractivity contribution is 9.09. The maximum Gasteiger partial charge on any atom is 0.340 e. The third-order valence-electron chi connectivity index (χ3n) is 2.54. The largest absolute Gasteiger partial charge is 0.340 e. The first-order valence-corrected chi connectivity index (χ1v) is 11.0. The predicted octanol–water partition coefficient (Wildman–Crippen LogP) is 2.60. The molecule has 0 amide bonds. The minimum Gasteiger partial charge on any atom is -0.305 e. The van der Waals surface area contributed by atoms with Crippen LogP contribution in [0.1, 0.15) is 6.42 Å². The summed E-state index contributed by atoms with van der Waals surface area (Å²) in [7, 11) is -3.22. The molecule has 1 unspecified atom stereocenters. The van der Waals surface area contributed by atoms with Gasteiger partial charge in [0.2, 0.25) is 0 Å². The normalized spacial score (nSPS) is 18.5. The molecule has 2 N–H and O–H groups in total. The van der Waals surface area contributed by atoms with Crippen molar-refractivity contribution in [1.29, 1.82) is 5.26 Å². The quantitative estimate of drug-likeness (QED) is 0.213. The molecule has 0 aromatic carbocycles. The van der Waals surface area contributed by atoms with Crippen LogP contribution >= 0.6 is 51.3 Å². The molecule has 0 radical (unpaired) electrons. The lowest BCUT2D eigenvalue weighted by Gasteiger charge is -2.21. The second-order valence-corrected chi connectivity index (χ2v) is 9.01. The number of thioether (sulfide) groups is 1. The van der Waals surface area contributed by atoms with Crippen LogP contribution in [0.3, 0.4) is 0 Å². The average Bonchev–Trinajstić information content (AvgIpc) is 2.93. The zero-order valence-electron chi connectivity index (χ0n) is 11.5. The van der Waals surface area contributed by atoms with Gasteiger partial charge in [0.25, 0.3) is 0 Å². The predicted molar refractivity (Wildman–Crippen MR) is 92.8 cm³/mol. The standard InChI is InChI=1S/C10H15Br2N4O4PS/c11-1-3-14-21(19,15-4-2-12)20-7-9-5-8(6-13)10(22-9)16(17)18/h9H,1-5,7H2,(H2,14,15,19). The Morgan fingerprint density at radius 1 is 1.45 bits per heavy atom. The second kappa shape index (κ2) is 10.0. The van der Waals surface area contributed by atoms with E-state index in [1.54, 1.807) is 0 Å². The van der Waals surface area contributed by atoms with Gasteiger partial charge in [-0.2, -0.15) is 5.26 Å². The average molecular weight is 478 g/mol. The van der Waals surface area contributed by atoms with Crippen LogP contribution < -0.4 is 10.2 Å². The second-order valence-electron chi connectivity index (χ2n) is 4.14. The Bertz CT molecular complexity index is 516. The van der Waals surface area contributed by atoms with Gasteiger partial charge in [-0.15, -0.1) is 0 Å². The molecule has 0 spiro atoms. The van der Waals surface area contributed by atoms with Gasteiger partial charge < -0.3 is 4.52 Å². The van der Waals surface area contributed by atoms with E-state index in [9.17, 15) is 14.7 Å². The fraction of sp³-hybridized carbons (Fsp3) is 0.700. The van der Waals surface area contributed by atoms with E-state index >= 15 is 0 Å². The number of allylic oxidation sites excluding steroid dienone is 1. The van der Waals surface area contributed by atoms with Crippen LogP contribution in [0.15, 0.2) is 10.6 Å². The Morgan fingerprint density at radius 3 is 2.45 bits per heavy atom. The number of hydrogen-bond acceptors (Lipinski definition) is 6. The number of nitrogens with zero attached hydrogens (tertiary/aromatic N) is 2. The van der Waals surface area contributed by atoms with Gasteiger partial charge >= 0.3 is 12.7 Å². The first-order chi connectivity index (χ1) is 10.5. The van der Waals surface area contributed by atoms with Gasteiger partial charge in [0, 0.05) is 35.4 Å². The third kappa shape index (κ3) is 6.28. The summed E-state index contributed by atoms with van der Waals surface area (Å²) >= 11 is 7.44. The summed E-state index contributed by atoms with van der Waals surface area (Å²) in [4.78, 5) is 10.3. The summed E-state index contributed by atoms with van der Waals surface area (Å²) < 4.78 is 18.0. The molecule has 22 heavy (non-hydrogen) atoms. The monoisotopic (exact) mass is 476 g/mol. The van der Waals surface area contributed by atoms with E-state index in [4.69, 9.17) is 9.79 Å². The van der Waals surface area contributed by atoms with E-state index in [1.165, 1.54) is 0 Å². The number of nitriles is 1. The van der Waals surface area contributed by atoms with Gasteiger partial charge in [-0.05, 0) is 11.8 Å². The summed E-state index contributed by atoms with van der Waals surface area (Å²) in [6.07, 6.45) is 0.244. The molecule has 1 heterocycles. The first-order valence-electron chi connectivity index (χ1n) is 6.26. The van der Waals surface area contributed by atoms with E-state index < -0.39 is 12.6 Å². The molecule has 1 atom stereocenters. The number of nitro groups is 1. The fourth-order valence-electron chi connectivity index (χ4n) is 1.64. The maximum absolute atomic E-state index is 12.5. The number of halogens is 2. The van der Waals surface area contributed by atoms with Gasteiger partial charge in [0.15, 0.2) is 0 Å². The van der Waals surface area contributed by atoms with Crippen LogP contribution in [0, 0.1) is 21.4 Å². The molecule has 0 saturated carbocycles. The van der Waals surface area contributed by atoms with Crippen LogP contribution in [0.2, 0.25) is 0 Å². The lowest BCUT2D eigenvalue weighted by Crippen LogP contribution is -2.28. The lowest BCUT2D eigenvalue weighted by atomic mass is 10.2. The molecule has 1 aliphatic rings. The van der Waals surface area contributed by atoms with Crippen molar-refractivity contribution in [1.82, 2.24) is 10.2 Å². The van der Waals surface area contributed by atoms with Crippen LogP contribution in [0.4, 0.5) is 0 Å². The third-order valence-corrected chi connectivity index (χ3v) is 6.38. The van der Waals surface area contributed by atoms with Gasteiger partial charge in [0.1, 0.15) is 11.6 Å². The van der Waals surface area contributed by atoms with Crippen molar-refractivity contribution in [3.8, 4) is 6.07 Å². The maximum atomic E-state index is 12.5. The zero-order valence-corrected chi connectivity index (χ0v) is 16.3. The fourth-order valence-corrected chi connectivity index (χ4v) is 5.31. The molecule has 124 valence electrons. The Morgan fingerprint density at radius 2 is 2.05 bits per heavy atom. The highest BCUT2D eigenvalue weighted by atomic mass is 79.9. The lowest BCUT2D eigenvalue weighted by molar-refractivity contribution is -0.410. The zero-order chi connectivity index (χ0) is 16.6. The summed E-state index contributed by atoms with van der Waals surface area (Å²) in [5, 5.41) is 26.1. The minimum atomic E-state index is -3.22. The van der Waals surface area contributed by atoms with Crippen molar-refractivity contribution >= 4 is 51.3 Å². The van der Waals surface area contributed by atoms with Crippen molar-refractivity contribution in [2.75, 3.05) is 30.4 Å². The first kappa shape index (κ1) is 20.1. The molecule has 8 nitrogen and oxygen atoms in total. The molecular weight excluding hydrogens is 463 g/mol. The molecule has 1 rings (SSSR count). The molecular formula is C10H15Br2N4O4PS. The van der Waals surface area contributed by atoms with Gasteiger partial charge in [-0.1, -0.05) is 31.9 Å². The molecule has 0 saturated heterocycles. The minimum absolute atomic E-state index is 0.0506. The summed E-state index contributed by atoms with van der Waals surface area (Å²) in [5.41, 5.74) is 0.139. The SMILES string of the molecule is N#CC1=C([N+](=O)[O-])SC(COP(=O)(NCCBr)NCCBr)C1. The van der Waals surface area contributed by atoms with Crippen LogP contribution in [-0.2, 0) is 9.09 Å². The van der Waals surface area contributed by atoms with E-state index in [2.05, 4.69) is 42.0 Å². The molecule has 0 fully saturated rings. The van der Waals surface area contributed by atoms with Gasteiger partial charge in [-0.25, -0.2) is 10.2 Å². The van der Waals surface area contributed by atoms with Crippen molar-refractivity contribution in [3.63, 3.8) is 0 Å². The smallest absolute Gasteiger partial charge is 0.305 e. The van der Waals surface area contributed by atoms with Gasteiger partial charge in [-0.3, -0.25) is 14.7 Å². The Labute approximate surface area is 149 Å². The summed E-state index contributed by atoms with van der Waals surface area (Å²) in [5.74, 6) is 0. The number of nitrogens with one attached hydrogen (secondary N) is 2. The Kier molecular flexibility index (Phi) is 9.16. The number of rotatable bonds is 10. The molecule has 0 aromatic rings. The molecule has 12 heteroatoms. The summed E-state index contributed by atoms with van der Waals surface area (Å²) in [6, 6.07) is 1.84. The topological polar surface area (TPSA) is 117 Å². The molecule has 0 aliphatic carbocycles. The highest BCUT2D eigenvalue weighted by Gasteiger charge is 2.35. The van der Waals surface area contributed by atoms with E-state index in [-0.39, 0.29) is 28.9 Å². The van der Waals surface area contributed by atoms with E-state index in [1.807, 2.05) is 6.07 Å². The van der Waals surface area contributed by atoms with Crippen molar-refractivity contribution in [2.45, 2.75) is 11.7 Å². The number of alkyl halides is 2. The summed E-state index contributed by atoms with van der Waals surface area (Å²) in [6.45, 7) is 0.952. The van der Waals surface area contributed by atoms with Crippen LogP contribution in [0.5, 0.6) is 0 Å². The Balaban J connectivity index is 2.58. The van der Waals surface area contributed by atoms with Gasteiger partial charge in [0.05, 0.1) is 11.5 Å². The van der Waals surface area contributed by atoms with Crippen LogP contribution in [-0.4, -0.2) is 40.5 Å². The van der Waals surface area contributed by atoms with Crippen molar-refractivity contribution in [2.24, 2.45) is 0 Å². The van der Waals surface area contributed by atoms with E-state index in [0.717, 1.165) is 11.8 Å². The number of hydrogen-bond donors (Lipinski definition) is 2. The van der Waals surface area contributed by atoms with E-state index in [0.29, 0.717) is 23.7 Å². The van der Waals surface area contributed by atoms with Crippen molar-refractivity contribution in [3.05, 3.63) is 20.7 Å². The Hall–Kier alpha value is 0.0500. The highest BCUT2D eigenvalue weighted by Crippen LogP contribution is 2.42. The molecule has 0 aromatic heterocycles.